The fraction of sp³-hybridized carbons (Fsp3) is 0.538. The molecule has 0 saturated heterocycles. The van der Waals surface area contributed by atoms with Crippen LogP contribution in [-0.2, 0) is 6.42 Å². The zero-order valence-electron chi connectivity index (χ0n) is 9.52. The van der Waals surface area contributed by atoms with Crippen LogP contribution < -0.4 is 5.32 Å². The third-order valence-electron chi connectivity index (χ3n) is 3.29. The highest BCUT2D eigenvalue weighted by Gasteiger charge is 2.42. The van der Waals surface area contributed by atoms with Gasteiger partial charge in [-0.3, -0.25) is 0 Å². The molecular formula is C13H17F2N. The fourth-order valence-corrected chi connectivity index (χ4v) is 2.05. The van der Waals surface area contributed by atoms with Gasteiger partial charge < -0.3 is 5.32 Å². The second kappa shape index (κ2) is 4.50. The quantitative estimate of drug-likeness (QED) is 0.812. The molecule has 0 unspecified atom stereocenters. The van der Waals surface area contributed by atoms with Gasteiger partial charge in [0.05, 0.1) is 0 Å². The molecule has 1 aliphatic rings. The van der Waals surface area contributed by atoms with Crippen molar-refractivity contribution in [3.63, 3.8) is 0 Å². The summed E-state index contributed by atoms with van der Waals surface area (Å²) in [5.74, 6) is -0.916. The van der Waals surface area contributed by atoms with Gasteiger partial charge >= 0.3 is 0 Å². The van der Waals surface area contributed by atoms with Crippen molar-refractivity contribution >= 4 is 0 Å². The van der Waals surface area contributed by atoms with Crippen molar-refractivity contribution in [3.8, 4) is 0 Å². The van der Waals surface area contributed by atoms with Gasteiger partial charge in [0.15, 0.2) is 0 Å². The van der Waals surface area contributed by atoms with Crippen molar-refractivity contribution in [1.29, 1.82) is 0 Å². The van der Waals surface area contributed by atoms with E-state index in [4.69, 9.17) is 0 Å². The molecular weight excluding hydrogens is 208 g/mol. The Labute approximate surface area is 94.9 Å². The standard InChI is InChI=1S/C13H17F2N/c1-2-16-9-13(5-6-13)8-10-3-4-11(14)7-12(10)15/h3-4,7,16H,2,5-6,8-9H2,1H3. The monoisotopic (exact) mass is 225 g/mol. The van der Waals surface area contributed by atoms with E-state index in [1.54, 1.807) is 6.07 Å². The van der Waals surface area contributed by atoms with Crippen LogP contribution in [0.15, 0.2) is 18.2 Å². The predicted octanol–water partition coefficient (Wildman–Crippen LogP) is 2.90. The summed E-state index contributed by atoms with van der Waals surface area (Å²) < 4.78 is 26.2. The van der Waals surface area contributed by atoms with Gasteiger partial charge in [0, 0.05) is 12.6 Å². The maximum atomic E-state index is 13.5. The highest BCUT2D eigenvalue weighted by molar-refractivity contribution is 5.22. The van der Waals surface area contributed by atoms with E-state index >= 15 is 0 Å². The largest absolute Gasteiger partial charge is 0.316 e. The lowest BCUT2D eigenvalue weighted by Gasteiger charge is -2.15. The highest BCUT2D eigenvalue weighted by atomic mass is 19.1. The lowest BCUT2D eigenvalue weighted by molar-refractivity contribution is 0.450. The molecule has 16 heavy (non-hydrogen) atoms. The fourth-order valence-electron chi connectivity index (χ4n) is 2.05. The Bertz CT molecular complexity index is 372. The predicted molar refractivity (Wildman–Crippen MR) is 60.3 cm³/mol. The first-order chi connectivity index (χ1) is 7.65. The summed E-state index contributed by atoms with van der Waals surface area (Å²) >= 11 is 0. The highest BCUT2D eigenvalue weighted by Crippen LogP contribution is 2.48. The molecule has 0 aromatic heterocycles. The molecule has 1 aromatic carbocycles. The molecule has 0 radical (unpaired) electrons. The Morgan fingerprint density at radius 2 is 2.06 bits per heavy atom. The average molecular weight is 225 g/mol. The van der Waals surface area contributed by atoms with Crippen molar-refractivity contribution in [1.82, 2.24) is 5.32 Å². The number of hydrogen-bond donors (Lipinski definition) is 1. The molecule has 3 heteroatoms. The molecule has 0 atom stereocenters. The first-order valence-corrected chi connectivity index (χ1v) is 5.80. The molecule has 1 aliphatic carbocycles. The van der Waals surface area contributed by atoms with E-state index in [0.29, 0.717) is 12.0 Å². The van der Waals surface area contributed by atoms with Gasteiger partial charge in [0.25, 0.3) is 0 Å². The molecule has 0 heterocycles. The van der Waals surface area contributed by atoms with Crippen LogP contribution in [0.4, 0.5) is 8.78 Å². The number of hydrogen-bond acceptors (Lipinski definition) is 1. The Kier molecular flexibility index (Phi) is 3.24. The van der Waals surface area contributed by atoms with Crippen LogP contribution in [0.3, 0.4) is 0 Å². The topological polar surface area (TPSA) is 12.0 Å². The van der Waals surface area contributed by atoms with E-state index in [0.717, 1.165) is 32.0 Å². The summed E-state index contributed by atoms with van der Waals surface area (Å²) in [6.45, 7) is 3.93. The number of nitrogens with one attached hydrogen (secondary N) is 1. The van der Waals surface area contributed by atoms with Crippen molar-refractivity contribution in [2.45, 2.75) is 26.2 Å². The molecule has 0 amide bonds. The minimum Gasteiger partial charge on any atom is -0.316 e. The van der Waals surface area contributed by atoms with E-state index in [1.165, 1.54) is 6.07 Å². The number of benzene rings is 1. The second-order valence-electron chi connectivity index (χ2n) is 4.69. The van der Waals surface area contributed by atoms with Gasteiger partial charge in [0.1, 0.15) is 11.6 Å². The summed E-state index contributed by atoms with van der Waals surface area (Å²) in [5, 5.41) is 3.31. The van der Waals surface area contributed by atoms with Gasteiger partial charge in [-0.25, -0.2) is 8.78 Å². The molecule has 0 aliphatic heterocycles. The molecule has 1 fully saturated rings. The molecule has 1 nitrogen and oxygen atoms in total. The third-order valence-corrected chi connectivity index (χ3v) is 3.29. The SMILES string of the molecule is CCNCC1(Cc2ccc(F)cc2F)CC1. The van der Waals surface area contributed by atoms with Gasteiger partial charge in [-0.05, 0) is 42.9 Å². The third kappa shape index (κ3) is 2.59. The van der Waals surface area contributed by atoms with Crippen molar-refractivity contribution < 1.29 is 8.78 Å². The van der Waals surface area contributed by atoms with Crippen LogP contribution in [0, 0.1) is 17.0 Å². The molecule has 1 aromatic rings. The summed E-state index contributed by atoms with van der Waals surface area (Å²) in [7, 11) is 0. The van der Waals surface area contributed by atoms with E-state index in [9.17, 15) is 8.78 Å². The van der Waals surface area contributed by atoms with Crippen LogP contribution in [0.1, 0.15) is 25.3 Å². The first kappa shape index (κ1) is 11.5. The van der Waals surface area contributed by atoms with Crippen LogP contribution >= 0.6 is 0 Å². The Hall–Kier alpha value is -0.960. The van der Waals surface area contributed by atoms with Gasteiger partial charge in [-0.15, -0.1) is 0 Å². The normalized spacial score (nSPS) is 17.4. The molecule has 2 rings (SSSR count). The van der Waals surface area contributed by atoms with Crippen molar-refractivity contribution in [2.24, 2.45) is 5.41 Å². The van der Waals surface area contributed by atoms with Crippen LogP contribution in [0.5, 0.6) is 0 Å². The summed E-state index contributed by atoms with van der Waals surface area (Å²) in [6, 6.07) is 3.87. The Morgan fingerprint density at radius 1 is 1.31 bits per heavy atom. The molecule has 0 bridgehead atoms. The van der Waals surface area contributed by atoms with Crippen molar-refractivity contribution in [2.75, 3.05) is 13.1 Å². The Morgan fingerprint density at radius 3 is 2.62 bits per heavy atom. The zero-order valence-corrected chi connectivity index (χ0v) is 9.52. The molecule has 88 valence electrons. The Balaban J connectivity index is 2.03. The van der Waals surface area contributed by atoms with E-state index in [1.807, 2.05) is 0 Å². The minimum atomic E-state index is -0.502. The zero-order chi connectivity index (χ0) is 11.6. The number of rotatable bonds is 5. The van der Waals surface area contributed by atoms with Gasteiger partial charge in [0.2, 0.25) is 0 Å². The summed E-state index contributed by atoms with van der Waals surface area (Å²) in [4.78, 5) is 0. The summed E-state index contributed by atoms with van der Waals surface area (Å²) in [6.07, 6.45) is 2.99. The van der Waals surface area contributed by atoms with E-state index in [2.05, 4.69) is 12.2 Å². The second-order valence-corrected chi connectivity index (χ2v) is 4.69. The minimum absolute atomic E-state index is 0.217. The van der Waals surface area contributed by atoms with Crippen molar-refractivity contribution in [3.05, 3.63) is 35.4 Å². The average Bonchev–Trinajstić information content (AvgIpc) is 3.00. The lowest BCUT2D eigenvalue weighted by atomic mass is 9.96. The summed E-state index contributed by atoms with van der Waals surface area (Å²) in [5.41, 5.74) is 0.853. The lowest BCUT2D eigenvalue weighted by Crippen LogP contribution is -2.25. The van der Waals surface area contributed by atoms with Crippen LogP contribution in [-0.4, -0.2) is 13.1 Å². The maximum Gasteiger partial charge on any atom is 0.129 e. The van der Waals surface area contributed by atoms with E-state index in [-0.39, 0.29) is 5.41 Å². The van der Waals surface area contributed by atoms with Crippen LogP contribution in [0.2, 0.25) is 0 Å². The van der Waals surface area contributed by atoms with Gasteiger partial charge in [-0.1, -0.05) is 13.0 Å². The molecule has 1 N–H and O–H groups in total. The molecule has 0 spiro atoms. The van der Waals surface area contributed by atoms with E-state index < -0.39 is 11.6 Å². The van der Waals surface area contributed by atoms with Gasteiger partial charge in [-0.2, -0.15) is 0 Å². The number of halogens is 2. The first-order valence-electron chi connectivity index (χ1n) is 5.80. The maximum absolute atomic E-state index is 13.5. The van der Waals surface area contributed by atoms with Crippen LogP contribution in [0.25, 0.3) is 0 Å². The molecule has 1 saturated carbocycles. The smallest absolute Gasteiger partial charge is 0.129 e.